The van der Waals surface area contributed by atoms with Crippen molar-refractivity contribution in [3.05, 3.63) is 65.5 Å². The van der Waals surface area contributed by atoms with Gasteiger partial charge in [-0.25, -0.2) is 4.39 Å². The lowest BCUT2D eigenvalue weighted by atomic mass is 10.1. The van der Waals surface area contributed by atoms with E-state index in [9.17, 15) is 27.2 Å². The van der Waals surface area contributed by atoms with Crippen LogP contribution in [0.5, 0.6) is 0 Å². The number of piperazine rings is 1. The molecule has 0 saturated carbocycles. The molecular weight excluding hydrogens is 452 g/mol. The number of alkyl halides is 3. The monoisotopic (exact) mass is 480 g/mol. The normalized spacial score (nSPS) is 14.9. The highest BCUT2D eigenvalue weighted by molar-refractivity contribution is 5.93. The van der Waals surface area contributed by atoms with Gasteiger partial charge in [0.15, 0.2) is 0 Å². The van der Waals surface area contributed by atoms with E-state index in [-0.39, 0.29) is 30.5 Å². The quantitative estimate of drug-likeness (QED) is 0.589. The van der Waals surface area contributed by atoms with E-state index in [0.29, 0.717) is 39.3 Å². The molecular formula is C24H28F4N4O2. The molecule has 2 amide bonds. The molecule has 0 aromatic heterocycles. The fraction of sp³-hybridized carbons (Fsp3) is 0.417. The third-order valence-electron chi connectivity index (χ3n) is 5.70. The SMILES string of the molecule is CCN(CC(=O)N1CCN(CC(=O)Nc2ccccc2C(F)(F)F)CC1)Cc1cccc(F)c1. The number of benzene rings is 2. The lowest BCUT2D eigenvalue weighted by Gasteiger charge is -2.35. The second kappa shape index (κ2) is 11.4. The van der Waals surface area contributed by atoms with Gasteiger partial charge in [0.25, 0.3) is 0 Å². The standard InChI is InChI=1S/C24H28F4N4O2/c1-2-30(15-18-6-5-7-19(25)14-18)17-23(34)32-12-10-31(11-13-32)16-22(33)29-21-9-4-3-8-20(21)24(26,27)28/h3-9,14H,2,10-13,15-17H2,1H3,(H,29,33). The predicted octanol–water partition coefficient (Wildman–Crippen LogP) is 3.45. The van der Waals surface area contributed by atoms with E-state index in [1.54, 1.807) is 15.9 Å². The zero-order valence-corrected chi connectivity index (χ0v) is 18.9. The first-order chi connectivity index (χ1) is 16.2. The predicted molar refractivity (Wildman–Crippen MR) is 120 cm³/mol. The smallest absolute Gasteiger partial charge is 0.339 e. The molecule has 0 radical (unpaired) electrons. The van der Waals surface area contributed by atoms with Crippen LogP contribution >= 0.6 is 0 Å². The largest absolute Gasteiger partial charge is 0.418 e. The molecule has 3 rings (SSSR count). The molecule has 1 heterocycles. The number of hydrogen-bond donors (Lipinski definition) is 1. The first-order valence-electron chi connectivity index (χ1n) is 11.1. The molecule has 0 aliphatic carbocycles. The molecule has 2 aromatic carbocycles. The van der Waals surface area contributed by atoms with Crippen molar-refractivity contribution >= 4 is 17.5 Å². The minimum Gasteiger partial charge on any atom is -0.339 e. The number of carbonyl (C=O) groups is 2. The third kappa shape index (κ3) is 7.26. The minimum atomic E-state index is -4.56. The Balaban J connectivity index is 1.46. The number of halogens is 4. The summed E-state index contributed by atoms with van der Waals surface area (Å²) in [5, 5.41) is 2.34. The zero-order chi connectivity index (χ0) is 24.7. The average molecular weight is 481 g/mol. The molecule has 10 heteroatoms. The van der Waals surface area contributed by atoms with Gasteiger partial charge in [-0.2, -0.15) is 13.2 Å². The van der Waals surface area contributed by atoms with Crippen LogP contribution in [0.25, 0.3) is 0 Å². The van der Waals surface area contributed by atoms with Gasteiger partial charge < -0.3 is 10.2 Å². The Bertz CT molecular complexity index is 991. The van der Waals surface area contributed by atoms with Crippen molar-refractivity contribution in [2.24, 2.45) is 0 Å². The maximum atomic E-state index is 13.4. The van der Waals surface area contributed by atoms with Crippen molar-refractivity contribution in [2.75, 3.05) is 51.1 Å². The number of rotatable bonds is 8. The Kier molecular flexibility index (Phi) is 8.62. The maximum absolute atomic E-state index is 13.4. The van der Waals surface area contributed by atoms with E-state index in [1.807, 2.05) is 17.9 Å². The van der Waals surface area contributed by atoms with Gasteiger partial charge in [-0.05, 0) is 36.4 Å². The van der Waals surface area contributed by atoms with Crippen LogP contribution in [0.3, 0.4) is 0 Å². The average Bonchev–Trinajstić information content (AvgIpc) is 2.78. The number of nitrogens with one attached hydrogen (secondary N) is 1. The Morgan fingerprint density at radius 1 is 1.03 bits per heavy atom. The van der Waals surface area contributed by atoms with E-state index in [1.165, 1.54) is 30.3 Å². The van der Waals surface area contributed by atoms with Crippen LogP contribution < -0.4 is 5.32 Å². The van der Waals surface area contributed by atoms with E-state index in [2.05, 4.69) is 5.32 Å². The van der Waals surface area contributed by atoms with Crippen LogP contribution in [0.1, 0.15) is 18.1 Å². The molecule has 1 N–H and O–H groups in total. The summed E-state index contributed by atoms with van der Waals surface area (Å²) in [6, 6.07) is 11.1. The van der Waals surface area contributed by atoms with Gasteiger partial charge in [0.1, 0.15) is 5.82 Å². The summed E-state index contributed by atoms with van der Waals surface area (Å²) in [6.45, 7) is 4.87. The Morgan fingerprint density at radius 3 is 2.38 bits per heavy atom. The van der Waals surface area contributed by atoms with Crippen molar-refractivity contribution < 1.29 is 27.2 Å². The molecule has 1 aliphatic heterocycles. The lowest BCUT2D eigenvalue weighted by Crippen LogP contribution is -2.52. The molecule has 6 nitrogen and oxygen atoms in total. The van der Waals surface area contributed by atoms with Crippen molar-refractivity contribution in [2.45, 2.75) is 19.6 Å². The lowest BCUT2D eigenvalue weighted by molar-refractivity contribution is -0.137. The van der Waals surface area contributed by atoms with E-state index < -0.39 is 17.6 Å². The molecule has 2 aromatic rings. The zero-order valence-electron chi connectivity index (χ0n) is 18.9. The number of hydrogen-bond acceptors (Lipinski definition) is 4. The number of carbonyl (C=O) groups excluding carboxylic acids is 2. The van der Waals surface area contributed by atoms with Gasteiger partial charge in [0.2, 0.25) is 11.8 Å². The highest BCUT2D eigenvalue weighted by Crippen LogP contribution is 2.34. The highest BCUT2D eigenvalue weighted by Gasteiger charge is 2.33. The van der Waals surface area contributed by atoms with E-state index >= 15 is 0 Å². The highest BCUT2D eigenvalue weighted by atomic mass is 19.4. The molecule has 0 spiro atoms. The second-order valence-electron chi connectivity index (χ2n) is 8.18. The fourth-order valence-electron chi connectivity index (χ4n) is 3.85. The molecule has 0 unspecified atom stereocenters. The topological polar surface area (TPSA) is 55.9 Å². The molecule has 0 atom stereocenters. The molecule has 1 fully saturated rings. The van der Waals surface area contributed by atoms with Crippen LogP contribution in [0.15, 0.2) is 48.5 Å². The van der Waals surface area contributed by atoms with E-state index in [4.69, 9.17) is 0 Å². The van der Waals surface area contributed by atoms with Crippen LogP contribution in [-0.2, 0) is 22.3 Å². The number of anilines is 1. The van der Waals surface area contributed by atoms with Gasteiger partial charge in [-0.1, -0.05) is 31.2 Å². The summed E-state index contributed by atoms with van der Waals surface area (Å²) >= 11 is 0. The summed E-state index contributed by atoms with van der Waals surface area (Å²) < 4.78 is 52.8. The van der Waals surface area contributed by atoms with Gasteiger partial charge in [0, 0.05) is 32.7 Å². The van der Waals surface area contributed by atoms with Crippen molar-refractivity contribution in [1.82, 2.24) is 14.7 Å². The molecule has 1 aliphatic rings. The first kappa shape index (κ1) is 25.6. The molecule has 34 heavy (non-hydrogen) atoms. The summed E-state index contributed by atoms with van der Waals surface area (Å²) in [5.41, 5.74) is -0.373. The van der Waals surface area contributed by atoms with Crippen molar-refractivity contribution in [3.8, 4) is 0 Å². The molecule has 0 bridgehead atoms. The summed E-state index contributed by atoms with van der Waals surface area (Å²) in [6.07, 6.45) is -4.56. The van der Waals surface area contributed by atoms with Gasteiger partial charge in [0.05, 0.1) is 24.3 Å². The Hall–Kier alpha value is -2.98. The van der Waals surface area contributed by atoms with Crippen molar-refractivity contribution in [3.63, 3.8) is 0 Å². The van der Waals surface area contributed by atoms with E-state index in [0.717, 1.165) is 11.6 Å². The fourth-order valence-corrected chi connectivity index (χ4v) is 3.85. The van der Waals surface area contributed by atoms with Crippen LogP contribution in [0, 0.1) is 5.82 Å². The molecule has 184 valence electrons. The number of para-hydroxylation sites is 1. The van der Waals surface area contributed by atoms with Gasteiger partial charge in [-0.15, -0.1) is 0 Å². The summed E-state index contributed by atoms with van der Waals surface area (Å²) in [4.78, 5) is 30.5. The third-order valence-corrected chi connectivity index (χ3v) is 5.70. The second-order valence-corrected chi connectivity index (χ2v) is 8.18. The Labute approximate surface area is 196 Å². The number of nitrogens with zero attached hydrogens (tertiary/aromatic N) is 3. The first-order valence-corrected chi connectivity index (χ1v) is 11.1. The molecule has 1 saturated heterocycles. The van der Waals surface area contributed by atoms with Crippen molar-refractivity contribution in [1.29, 1.82) is 0 Å². The van der Waals surface area contributed by atoms with Crippen LogP contribution in [-0.4, -0.2) is 72.3 Å². The van der Waals surface area contributed by atoms with Gasteiger partial charge >= 0.3 is 6.18 Å². The van der Waals surface area contributed by atoms with Crippen LogP contribution in [0.2, 0.25) is 0 Å². The Morgan fingerprint density at radius 2 is 1.74 bits per heavy atom. The number of amides is 2. The maximum Gasteiger partial charge on any atom is 0.418 e. The minimum absolute atomic E-state index is 0.0542. The summed E-state index contributed by atoms with van der Waals surface area (Å²) in [5.74, 6) is -0.910. The van der Waals surface area contributed by atoms with Crippen LogP contribution in [0.4, 0.5) is 23.2 Å². The summed E-state index contributed by atoms with van der Waals surface area (Å²) in [7, 11) is 0. The van der Waals surface area contributed by atoms with Gasteiger partial charge in [-0.3, -0.25) is 19.4 Å². The number of likely N-dealkylation sites (N-methyl/N-ethyl adjacent to an activating group) is 1.